The number of amides is 2. The van der Waals surface area contributed by atoms with Crippen molar-refractivity contribution in [2.45, 2.75) is 51.2 Å². The lowest BCUT2D eigenvalue weighted by molar-refractivity contribution is -0.148. The third kappa shape index (κ3) is 4.67. The van der Waals surface area contributed by atoms with Crippen LogP contribution < -0.4 is 5.32 Å². The Hall–Kier alpha value is -1.30. The number of nitrogens with one attached hydrogen (secondary N) is 1. The standard InChI is InChI=1S/C14H26N2O4/c1-4-10-5-7-11(8-6-10)16(2)14(19)15-9-12(20-3)13(17)18/h10-12H,4-9H2,1-3H3,(H,15,19)(H,17,18). The second-order valence-corrected chi connectivity index (χ2v) is 5.44. The van der Waals surface area contributed by atoms with Gasteiger partial charge in [0.25, 0.3) is 0 Å². The van der Waals surface area contributed by atoms with E-state index in [2.05, 4.69) is 12.2 Å². The van der Waals surface area contributed by atoms with Gasteiger partial charge in [-0.2, -0.15) is 0 Å². The maximum absolute atomic E-state index is 12.0. The van der Waals surface area contributed by atoms with Crippen molar-refractivity contribution < 1.29 is 19.4 Å². The van der Waals surface area contributed by atoms with Crippen LogP contribution in [0.25, 0.3) is 0 Å². The van der Waals surface area contributed by atoms with E-state index >= 15 is 0 Å². The zero-order chi connectivity index (χ0) is 15.1. The predicted octanol–water partition coefficient (Wildman–Crippen LogP) is 1.70. The van der Waals surface area contributed by atoms with Gasteiger partial charge >= 0.3 is 12.0 Å². The first kappa shape index (κ1) is 16.8. The van der Waals surface area contributed by atoms with Gasteiger partial charge < -0.3 is 20.1 Å². The SMILES string of the molecule is CCC1CCC(N(C)C(=O)NCC(OC)C(=O)O)CC1. The number of rotatable bonds is 6. The summed E-state index contributed by atoms with van der Waals surface area (Å²) >= 11 is 0. The molecule has 0 radical (unpaired) electrons. The molecular formula is C14H26N2O4. The summed E-state index contributed by atoms with van der Waals surface area (Å²) in [4.78, 5) is 24.5. The maximum Gasteiger partial charge on any atom is 0.334 e. The van der Waals surface area contributed by atoms with Gasteiger partial charge in [-0.15, -0.1) is 0 Å². The average molecular weight is 286 g/mol. The van der Waals surface area contributed by atoms with Crippen LogP contribution >= 0.6 is 0 Å². The Kier molecular flexibility index (Phi) is 6.78. The summed E-state index contributed by atoms with van der Waals surface area (Å²) < 4.78 is 4.78. The molecule has 1 fully saturated rings. The summed E-state index contributed by atoms with van der Waals surface area (Å²) in [5, 5.41) is 11.5. The second-order valence-electron chi connectivity index (χ2n) is 5.44. The highest BCUT2D eigenvalue weighted by Crippen LogP contribution is 2.28. The fourth-order valence-corrected chi connectivity index (χ4v) is 2.68. The van der Waals surface area contributed by atoms with Gasteiger partial charge in [0.2, 0.25) is 0 Å². The van der Waals surface area contributed by atoms with Crippen LogP contribution in [0.2, 0.25) is 0 Å². The van der Waals surface area contributed by atoms with Gasteiger partial charge in [-0.25, -0.2) is 9.59 Å². The van der Waals surface area contributed by atoms with E-state index in [9.17, 15) is 9.59 Å². The van der Waals surface area contributed by atoms with Crippen LogP contribution in [0.1, 0.15) is 39.0 Å². The van der Waals surface area contributed by atoms with Crippen molar-refractivity contribution in [1.82, 2.24) is 10.2 Å². The fraction of sp³-hybridized carbons (Fsp3) is 0.857. The smallest absolute Gasteiger partial charge is 0.334 e. The Labute approximate surface area is 120 Å². The van der Waals surface area contributed by atoms with Crippen LogP contribution in [-0.4, -0.2) is 54.9 Å². The molecular weight excluding hydrogens is 260 g/mol. The van der Waals surface area contributed by atoms with E-state index in [1.54, 1.807) is 11.9 Å². The minimum absolute atomic E-state index is 0.0146. The second kappa shape index (κ2) is 8.09. The van der Waals surface area contributed by atoms with E-state index in [4.69, 9.17) is 9.84 Å². The number of urea groups is 1. The topological polar surface area (TPSA) is 78.9 Å². The number of methoxy groups -OCH3 is 1. The Morgan fingerprint density at radius 2 is 1.95 bits per heavy atom. The third-order valence-corrected chi connectivity index (χ3v) is 4.26. The predicted molar refractivity (Wildman–Crippen MR) is 75.6 cm³/mol. The minimum Gasteiger partial charge on any atom is -0.479 e. The van der Waals surface area contributed by atoms with E-state index in [1.165, 1.54) is 13.5 Å². The van der Waals surface area contributed by atoms with E-state index in [0.29, 0.717) is 0 Å². The van der Waals surface area contributed by atoms with E-state index in [0.717, 1.165) is 31.6 Å². The average Bonchev–Trinajstić information content (AvgIpc) is 2.46. The number of carboxylic acid groups (broad SMARTS) is 1. The molecule has 1 aliphatic carbocycles. The Morgan fingerprint density at radius 3 is 2.40 bits per heavy atom. The van der Waals surface area contributed by atoms with Gasteiger partial charge in [0, 0.05) is 20.2 Å². The van der Waals surface area contributed by atoms with E-state index in [1.807, 2.05) is 0 Å². The minimum atomic E-state index is -1.07. The molecule has 116 valence electrons. The largest absolute Gasteiger partial charge is 0.479 e. The monoisotopic (exact) mass is 286 g/mol. The number of hydrogen-bond donors (Lipinski definition) is 2. The third-order valence-electron chi connectivity index (χ3n) is 4.26. The fourth-order valence-electron chi connectivity index (χ4n) is 2.68. The van der Waals surface area contributed by atoms with E-state index < -0.39 is 12.1 Å². The van der Waals surface area contributed by atoms with Crippen molar-refractivity contribution >= 4 is 12.0 Å². The lowest BCUT2D eigenvalue weighted by Gasteiger charge is -2.34. The highest BCUT2D eigenvalue weighted by Gasteiger charge is 2.26. The summed E-state index contributed by atoms with van der Waals surface area (Å²) in [6, 6.07) is 0.0249. The normalized spacial score (nSPS) is 23.9. The molecule has 0 spiro atoms. The molecule has 0 aliphatic heterocycles. The first-order valence-corrected chi connectivity index (χ1v) is 7.25. The number of nitrogens with zero attached hydrogens (tertiary/aromatic N) is 1. The molecule has 1 unspecified atom stereocenters. The Balaban J connectivity index is 2.37. The van der Waals surface area contributed by atoms with Gasteiger partial charge in [-0.1, -0.05) is 13.3 Å². The molecule has 0 bridgehead atoms. The summed E-state index contributed by atoms with van der Waals surface area (Å²) in [6.45, 7) is 2.19. The van der Waals surface area contributed by atoms with Crippen molar-refractivity contribution in [2.75, 3.05) is 20.7 Å². The summed E-state index contributed by atoms with van der Waals surface area (Å²) in [6.07, 6.45) is 4.58. The van der Waals surface area contributed by atoms with Gasteiger partial charge in [-0.05, 0) is 31.6 Å². The molecule has 0 aromatic heterocycles. The van der Waals surface area contributed by atoms with Gasteiger partial charge in [0.15, 0.2) is 6.10 Å². The molecule has 1 aliphatic rings. The molecule has 1 saturated carbocycles. The molecule has 2 amide bonds. The van der Waals surface area contributed by atoms with Gasteiger partial charge in [-0.3, -0.25) is 0 Å². The number of ether oxygens (including phenoxy) is 1. The van der Waals surface area contributed by atoms with Gasteiger partial charge in [0.05, 0.1) is 6.54 Å². The number of carbonyl (C=O) groups excluding carboxylic acids is 1. The van der Waals surface area contributed by atoms with Crippen LogP contribution in [-0.2, 0) is 9.53 Å². The highest BCUT2D eigenvalue weighted by molar-refractivity contribution is 5.77. The summed E-state index contributed by atoms with van der Waals surface area (Å²) in [5.41, 5.74) is 0. The summed E-state index contributed by atoms with van der Waals surface area (Å²) in [5.74, 6) is -0.286. The quantitative estimate of drug-likeness (QED) is 0.779. The molecule has 0 aromatic carbocycles. The first-order valence-electron chi connectivity index (χ1n) is 7.25. The molecule has 0 heterocycles. The number of aliphatic carboxylic acids is 1. The van der Waals surface area contributed by atoms with Crippen LogP contribution in [0.4, 0.5) is 4.79 Å². The highest BCUT2D eigenvalue weighted by atomic mass is 16.5. The Morgan fingerprint density at radius 1 is 1.35 bits per heavy atom. The van der Waals surface area contributed by atoms with Crippen LogP contribution in [0.15, 0.2) is 0 Å². The molecule has 0 aromatic rings. The zero-order valence-electron chi connectivity index (χ0n) is 12.6. The molecule has 6 heteroatoms. The lowest BCUT2D eigenvalue weighted by Crippen LogP contribution is -2.48. The van der Waals surface area contributed by atoms with Crippen molar-refractivity contribution in [3.05, 3.63) is 0 Å². The lowest BCUT2D eigenvalue weighted by atomic mass is 9.84. The number of carboxylic acids is 1. The summed E-state index contributed by atoms with van der Waals surface area (Å²) in [7, 11) is 3.09. The molecule has 1 rings (SSSR count). The van der Waals surface area contributed by atoms with Crippen molar-refractivity contribution in [3.63, 3.8) is 0 Å². The number of carbonyl (C=O) groups is 2. The molecule has 2 N–H and O–H groups in total. The Bertz CT molecular complexity index is 327. The molecule has 0 saturated heterocycles. The van der Waals surface area contributed by atoms with Crippen molar-refractivity contribution in [3.8, 4) is 0 Å². The van der Waals surface area contributed by atoms with Crippen molar-refractivity contribution in [2.24, 2.45) is 5.92 Å². The van der Waals surface area contributed by atoms with Crippen molar-refractivity contribution in [1.29, 1.82) is 0 Å². The number of hydrogen-bond acceptors (Lipinski definition) is 3. The van der Waals surface area contributed by atoms with Gasteiger partial charge in [0.1, 0.15) is 0 Å². The van der Waals surface area contributed by atoms with Crippen LogP contribution in [0, 0.1) is 5.92 Å². The zero-order valence-corrected chi connectivity index (χ0v) is 12.6. The van der Waals surface area contributed by atoms with Crippen LogP contribution in [0.5, 0.6) is 0 Å². The van der Waals surface area contributed by atoms with E-state index in [-0.39, 0.29) is 18.6 Å². The molecule has 1 atom stereocenters. The van der Waals surface area contributed by atoms with Crippen LogP contribution in [0.3, 0.4) is 0 Å². The molecule has 20 heavy (non-hydrogen) atoms. The molecule has 6 nitrogen and oxygen atoms in total. The maximum atomic E-state index is 12.0. The first-order chi connectivity index (χ1) is 9.49.